The van der Waals surface area contributed by atoms with Crippen LogP contribution in [0.15, 0.2) is 24.3 Å². The van der Waals surface area contributed by atoms with Gasteiger partial charge in [0.15, 0.2) is 6.61 Å². The molecular formula is C14H21NO4. The molecule has 3 N–H and O–H groups in total. The largest absolute Gasteiger partial charge is 0.482 e. The fourth-order valence-electron chi connectivity index (χ4n) is 1.62. The van der Waals surface area contributed by atoms with Gasteiger partial charge in [-0.3, -0.25) is 0 Å². The van der Waals surface area contributed by atoms with E-state index in [0.29, 0.717) is 5.75 Å². The van der Waals surface area contributed by atoms with Gasteiger partial charge in [-0.15, -0.1) is 0 Å². The molecule has 5 nitrogen and oxygen atoms in total. The van der Waals surface area contributed by atoms with Crippen LogP contribution in [-0.2, 0) is 11.3 Å². The molecule has 0 fully saturated rings. The van der Waals surface area contributed by atoms with Gasteiger partial charge in [-0.25, -0.2) is 4.79 Å². The first-order chi connectivity index (χ1) is 9.22. The highest BCUT2D eigenvalue weighted by molar-refractivity contribution is 5.68. The molecule has 0 spiro atoms. The van der Waals surface area contributed by atoms with Gasteiger partial charge in [-0.1, -0.05) is 12.1 Å². The smallest absolute Gasteiger partial charge is 0.341 e. The number of rotatable bonds is 10. The van der Waals surface area contributed by atoms with Gasteiger partial charge in [0.05, 0.1) is 0 Å². The number of unbranched alkanes of at least 4 members (excludes halogenated alkanes) is 2. The number of ether oxygens (including phenoxy) is 1. The van der Waals surface area contributed by atoms with Crippen LogP contribution < -0.4 is 10.1 Å². The third-order valence-corrected chi connectivity index (χ3v) is 2.63. The quantitative estimate of drug-likeness (QED) is 0.558. The Bertz CT molecular complexity index is 364. The minimum absolute atomic E-state index is 0.262. The standard InChI is InChI=1S/C14H21NO4/c16-9-3-1-2-8-15-10-12-4-6-13(7-5-12)19-11-14(17)18/h4-7,15-16H,1-3,8-11H2,(H,17,18). The fourth-order valence-corrected chi connectivity index (χ4v) is 1.62. The number of carboxylic acids is 1. The van der Waals surface area contributed by atoms with Crippen molar-refractivity contribution in [1.29, 1.82) is 0 Å². The molecule has 0 saturated carbocycles. The Morgan fingerprint density at radius 1 is 1.16 bits per heavy atom. The van der Waals surface area contributed by atoms with E-state index < -0.39 is 5.97 Å². The normalized spacial score (nSPS) is 10.4. The van der Waals surface area contributed by atoms with Gasteiger partial charge in [0.2, 0.25) is 0 Å². The van der Waals surface area contributed by atoms with Crippen molar-refractivity contribution in [3.05, 3.63) is 29.8 Å². The third kappa shape index (κ3) is 7.43. The third-order valence-electron chi connectivity index (χ3n) is 2.63. The molecule has 0 unspecified atom stereocenters. The number of hydrogen-bond acceptors (Lipinski definition) is 4. The molecule has 0 aliphatic carbocycles. The summed E-state index contributed by atoms with van der Waals surface area (Å²) >= 11 is 0. The maximum atomic E-state index is 10.3. The Balaban J connectivity index is 2.19. The molecule has 1 aromatic rings. The highest BCUT2D eigenvalue weighted by Crippen LogP contribution is 2.11. The second-order valence-electron chi connectivity index (χ2n) is 4.29. The van der Waals surface area contributed by atoms with Crippen LogP contribution >= 0.6 is 0 Å². The van der Waals surface area contributed by atoms with Gasteiger partial charge in [-0.2, -0.15) is 0 Å². The zero-order valence-corrected chi connectivity index (χ0v) is 11.0. The number of carbonyl (C=O) groups is 1. The number of benzene rings is 1. The Morgan fingerprint density at radius 3 is 2.53 bits per heavy atom. The van der Waals surface area contributed by atoms with Crippen LogP contribution in [0.1, 0.15) is 24.8 Å². The first kappa shape index (κ1) is 15.5. The van der Waals surface area contributed by atoms with Gasteiger partial charge < -0.3 is 20.3 Å². The lowest BCUT2D eigenvalue weighted by molar-refractivity contribution is -0.139. The predicted molar refractivity (Wildman–Crippen MR) is 72.2 cm³/mol. The average Bonchev–Trinajstić information content (AvgIpc) is 2.41. The summed E-state index contributed by atoms with van der Waals surface area (Å²) < 4.78 is 5.05. The topological polar surface area (TPSA) is 78.8 Å². The van der Waals surface area contributed by atoms with E-state index in [2.05, 4.69) is 5.32 Å². The highest BCUT2D eigenvalue weighted by Gasteiger charge is 1.99. The molecule has 0 aliphatic heterocycles. The molecule has 106 valence electrons. The lowest BCUT2D eigenvalue weighted by atomic mass is 10.2. The number of aliphatic carboxylic acids is 1. The molecule has 1 rings (SSSR count). The minimum atomic E-state index is -0.978. The van der Waals surface area contributed by atoms with Crippen molar-refractivity contribution in [2.45, 2.75) is 25.8 Å². The number of aliphatic hydroxyl groups is 1. The maximum absolute atomic E-state index is 10.3. The van der Waals surface area contributed by atoms with E-state index in [1.165, 1.54) is 0 Å². The van der Waals surface area contributed by atoms with Crippen LogP contribution in [0.25, 0.3) is 0 Å². The lowest BCUT2D eigenvalue weighted by Crippen LogP contribution is -2.14. The van der Waals surface area contributed by atoms with Gasteiger partial charge >= 0.3 is 5.97 Å². The van der Waals surface area contributed by atoms with Gasteiger partial charge in [-0.05, 0) is 43.5 Å². The molecule has 5 heteroatoms. The zero-order valence-electron chi connectivity index (χ0n) is 11.0. The number of hydrogen-bond donors (Lipinski definition) is 3. The fraction of sp³-hybridized carbons (Fsp3) is 0.500. The molecule has 0 aromatic heterocycles. The second kappa shape index (κ2) is 9.35. The van der Waals surface area contributed by atoms with Crippen LogP contribution in [0, 0.1) is 0 Å². The highest BCUT2D eigenvalue weighted by atomic mass is 16.5. The van der Waals surface area contributed by atoms with Gasteiger partial charge in [0.1, 0.15) is 5.75 Å². The molecule has 0 amide bonds. The van der Waals surface area contributed by atoms with E-state index in [-0.39, 0.29) is 13.2 Å². The minimum Gasteiger partial charge on any atom is -0.482 e. The summed E-state index contributed by atoms with van der Waals surface area (Å²) in [5.41, 5.74) is 1.13. The molecule has 0 heterocycles. The average molecular weight is 267 g/mol. The summed E-state index contributed by atoms with van der Waals surface area (Å²) in [6.07, 6.45) is 2.95. The van der Waals surface area contributed by atoms with Crippen LogP contribution in [0.5, 0.6) is 5.75 Å². The Hall–Kier alpha value is -1.59. The molecule has 0 saturated heterocycles. The van der Waals surface area contributed by atoms with E-state index >= 15 is 0 Å². The van der Waals surface area contributed by atoms with Crippen molar-refractivity contribution in [3.63, 3.8) is 0 Å². The SMILES string of the molecule is O=C(O)COc1ccc(CNCCCCCO)cc1. The van der Waals surface area contributed by atoms with Crippen molar-refractivity contribution in [2.75, 3.05) is 19.8 Å². The zero-order chi connectivity index (χ0) is 13.9. The van der Waals surface area contributed by atoms with E-state index in [9.17, 15) is 4.79 Å². The summed E-state index contributed by atoms with van der Waals surface area (Å²) in [5, 5.41) is 20.4. The van der Waals surface area contributed by atoms with E-state index in [0.717, 1.165) is 37.9 Å². The summed E-state index contributed by atoms with van der Waals surface area (Å²) in [4.78, 5) is 10.3. The predicted octanol–water partition coefficient (Wildman–Crippen LogP) is 1.40. The summed E-state index contributed by atoms with van der Waals surface area (Å²) in [6, 6.07) is 7.37. The van der Waals surface area contributed by atoms with E-state index in [4.69, 9.17) is 14.9 Å². The molecule has 0 aliphatic rings. The van der Waals surface area contributed by atoms with Crippen molar-refractivity contribution in [3.8, 4) is 5.75 Å². The number of nitrogens with one attached hydrogen (secondary N) is 1. The molecule has 0 bridgehead atoms. The number of carboxylic acid groups (broad SMARTS) is 1. The Kier molecular flexibility index (Phi) is 7.62. The first-order valence-electron chi connectivity index (χ1n) is 6.47. The summed E-state index contributed by atoms with van der Waals surface area (Å²) in [5.74, 6) is -0.414. The molecule has 19 heavy (non-hydrogen) atoms. The monoisotopic (exact) mass is 267 g/mol. The van der Waals surface area contributed by atoms with Crippen molar-refractivity contribution < 1.29 is 19.7 Å². The molecule has 1 aromatic carbocycles. The van der Waals surface area contributed by atoms with Crippen LogP contribution in [0.4, 0.5) is 0 Å². The van der Waals surface area contributed by atoms with Crippen LogP contribution in [0.2, 0.25) is 0 Å². The van der Waals surface area contributed by atoms with Crippen LogP contribution in [0.3, 0.4) is 0 Å². The summed E-state index contributed by atoms with van der Waals surface area (Å²) in [6.45, 7) is 1.65. The lowest BCUT2D eigenvalue weighted by Gasteiger charge is -2.06. The Morgan fingerprint density at radius 2 is 1.89 bits per heavy atom. The first-order valence-corrected chi connectivity index (χ1v) is 6.47. The molecule has 0 radical (unpaired) electrons. The van der Waals surface area contributed by atoms with Crippen molar-refractivity contribution >= 4 is 5.97 Å². The van der Waals surface area contributed by atoms with Crippen molar-refractivity contribution in [2.24, 2.45) is 0 Å². The van der Waals surface area contributed by atoms with Crippen LogP contribution in [-0.4, -0.2) is 35.9 Å². The molecule has 0 atom stereocenters. The Labute approximate surface area is 113 Å². The van der Waals surface area contributed by atoms with E-state index in [1.54, 1.807) is 12.1 Å². The number of aliphatic hydroxyl groups excluding tert-OH is 1. The van der Waals surface area contributed by atoms with Gasteiger partial charge in [0, 0.05) is 13.2 Å². The van der Waals surface area contributed by atoms with Crippen molar-refractivity contribution in [1.82, 2.24) is 5.32 Å². The van der Waals surface area contributed by atoms with Gasteiger partial charge in [0.25, 0.3) is 0 Å². The summed E-state index contributed by atoms with van der Waals surface area (Å²) in [7, 11) is 0. The van der Waals surface area contributed by atoms with E-state index in [1.807, 2.05) is 12.1 Å². The maximum Gasteiger partial charge on any atom is 0.341 e. The second-order valence-corrected chi connectivity index (χ2v) is 4.29. The molecular weight excluding hydrogens is 246 g/mol.